The van der Waals surface area contributed by atoms with Gasteiger partial charge in [-0.3, -0.25) is 19.4 Å². The standard InChI is InChI=1S/C21H26N6O/c1-21(2,3)19-14-27(25-24-19)13-15-5-4-10-26(12-15)20(28)16-6-7-17-18(11-16)23-9-8-22-17/h6-9,11,14-15H,4-5,10,12-13H2,1-3H3. The first-order valence-corrected chi connectivity index (χ1v) is 9.81. The molecular formula is C21H26N6O. The van der Waals surface area contributed by atoms with E-state index < -0.39 is 0 Å². The zero-order valence-electron chi connectivity index (χ0n) is 16.7. The summed E-state index contributed by atoms with van der Waals surface area (Å²) in [6.45, 7) is 8.72. The van der Waals surface area contributed by atoms with Crippen LogP contribution in [0.5, 0.6) is 0 Å². The summed E-state index contributed by atoms with van der Waals surface area (Å²) in [6, 6.07) is 5.54. The second kappa shape index (κ2) is 7.30. The van der Waals surface area contributed by atoms with Crippen molar-refractivity contribution in [3.05, 3.63) is 48.0 Å². The molecule has 1 aliphatic rings. The molecule has 0 saturated carbocycles. The summed E-state index contributed by atoms with van der Waals surface area (Å²) >= 11 is 0. The molecule has 0 spiro atoms. The van der Waals surface area contributed by atoms with E-state index in [0.29, 0.717) is 11.5 Å². The van der Waals surface area contributed by atoms with Gasteiger partial charge in [0.2, 0.25) is 0 Å². The molecule has 28 heavy (non-hydrogen) atoms. The first-order valence-electron chi connectivity index (χ1n) is 9.81. The highest BCUT2D eigenvalue weighted by Gasteiger charge is 2.26. The lowest BCUT2D eigenvalue weighted by atomic mass is 9.93. The predicted octanol–water partition coefficient (Wildman–Crippen LogP) is 3.07. The highest BCUT2D eigenvalue weighted by molar-refractivity contribution is 5.97. The topological polar surface area (TPSA) is 76.8 Å². The van der Waals surface area contributed by atoms with Crippen LogP contribution >= 0.6 is 0 Å². The Kier molecular flexibility index (Phi) is 4.83. The summed E-state index contributed by atoms with van der Waals surface area (Å²) in [6.07, 6.45) is 7.44. The molecule has 3 aromatic rings. The summed E-state index contributed by atoms with van der Waals surface area (Å²) in [7, 11) is 0. The van der Waals surface area contributed by atoms with Crippen LogP contribution in [0.1, 0.15) is 49.7 Å². The van der Waals surface area contributed by atoms with Crippen molar-refractivity contribution in [3.8, 4) is 0 Å². The van der Waals surface area contributed by atoms with Crippen LogP contribution in [0.3, 0.4) is 0 Å². The average molecular weight is 378 g/mol. The van der Waals surface area contributed by atoms with Crippen molar-refractivity contribution in [2.45, 2.75) is 45.6 Å². The fourth-order valence-corrected chi connectivity index (χ4v) is 3.67. The number of benzene rings is 1. The molecule has 1 saturated heterocycles. The summed E-state index contributed by atoms with van der Waals surface area (Å²) < 4.78 is 1.92. The molecule has 146 valence electrons. The fraction of sp³-hybridized carbons (Fsp3) is 0.476. The minimum absolute atomic E-state index is 0.00814. The van der Waals surface area contributed by atoms with Crippen molar-refractivity contribution in [1.82, 2.24) is 29.9 Å². The van der Waals surface area contributed by atoms with Crippen LogP contribution in [0.25, 0.3) is 11.0 Å². The minimum atomic E-state index is -0.00814. The smallest absolute Gasteiger partial charge is 0.253 e. The van der Waals surface area contributed by atoms with Gasteiger partial charge in [0, 0.05) is 49.2 Å². The van der Waals surface area contributed by atoms with Gasteiger partial charge in [0.15, 0.2) is 0 Å². The number of hydrogen-bond donors (Lipinski definition) is 0. The molecule has 0 radical (unpaired) electrons. The first-order chi connectivity index (χ1) is 13.4. The largest absolute Gasteiger partial charge is 0.338 e. The second-order valence-corrected chi connectivity index (χ2v) is 8.60. The zero-order valence-corrected chi connectivity index (χ0v) is 16.7. The normalized spacial score (nSPS) is 17.8. The van der Waals surface area contributed by atoms with Gasteiger partial charge in [-0.25, -0.2) is 0 Å². The number of rotatable bonds is 3. The van der Waals surface area contributed by atoms with E-state index in [1.54, 1.807) is 12.4 Å². The van der Waals surface area contributed by atoms with E-state index in [-0.39, 0.29) is 11.3 Å². The van der Waals surface area contributed by atoms with E-state index in [1.807, 2.05) is 34.0 Å². The lowest BCUT2D eigenvalue weighted by Gasteiger charge is -2.32. The van der Waals surface area contributed by atoms with Gasteiger partial charge in [0.1, 0.15) is 0 Å². The Hall–Kier alpha value is -2.83. The molecule has 4 rings (SSSR count). The summed E-state index contributed by atoms with van der Waals surface area (Å²) in [5, 5.41) is 8.59. The summed E-state index contributed by atoms with van der Waals surface area (Å²) in [5.74, 6) is 0.443. The Balaban J connectivity index is 1.45. The molecule has 1 aromatic carbocycles. The molecule has 0 bridgehead atoms. The lowest BCUT2D eigenvalue weighted by molar-refractivity contribution is 0.0659. The number of likely N-dealkylation sites (tertiary alicyclic amines) is 1. The van der Waals surface area contributed by atoms with Crippen LogP contribution < -0.4 is 0 Å². The average Bonchev–Trinajstić information content (AvgIpc) is 3.16. The summed E-state index contributed by atoms with van der Waals surface area (Å²) in [4.78, 5) is 23.6. The van der Waals surface area contributed by atoms with Gasteiger partial charge < -0.3 is 4.90 Å². The van der Waals surface area contributed by atoms with Crippen molar-refractivity contribution in [2.24, 2.45) is 5.92 Å². The minimum Gasteiger partial charge on any atom is -0.338 e. The van der Waals surface area contributed by atoms with Crippen molar-refractivity contribution in [3.63, 3.8) is 0 Å². The van der Waals surface area contributed by atoms with Gasteiger partial charge in [-0.2, -0.15) is 0 Å². The van der Waals surface area contributed by atoms with Crippen molar-refractivity contribution in [2.75, 3.05) is 13.1 Å². The van der Waals surface area contributed by atoms with Gasteiger partial charge in [0.25, 0.3) is 5.91 Å². The fourth-order valence-electron chi connectivity index (χ4n) is 3.67. The van der Waals surface area contributed by atoms with Gasteiger partial charge >= 0.3 is 0 Å². The molecule has 1 amide bonds. The van der Waals surface area contributed by atoms with Crippen LogP contribution in [0, 0.1) is 5.92 Å². The Morgan fingerprint density at radius 2 is 1.96 bits per heavy atom. The maximum absolute atomic E-state index is 13.0. The third-order valence-corrected chi connectivity index (χ3v) is 5.27. The number of piperidine rings is 1. The Bertz CT molecular complexity index is 990. The van der Waals surface area contributed by atoms with Gasteiger partial charge in [-0.15, -0.1) is 5.10 Å². The number of hydrogen-bond acceptors (Lipinski definition) is 5. The highest BCUT2D eigenvalue weighted by Crippen LogP contribution is 2.23. The maximum atomic E-state index is 13.0. The molecular weight excluding hydrogens is 352 g/mol. The number of fused-ring (bicyclic) bond motifs is 1. The van der Waals surface area contributed by atoms with Gasteiger partial charge in [0.05, 0.1) is 16.7 Å². The first kappa shape index (κ1) is 18.5. The van der Waals surface area contributed by atoms with Crippen molar-refractivity contribution >= 4 is 16.9 Å². The van der Waals surface area contributed by atoms with Crippen LogP contribution in [0.4, 0.5) is 0 Å². The van der Waals surface area contributed by atoms with Crippen LogP contribution in [0.15, 0.2) is 36.8 Å². The van der Waals surface area contributed by atoms with E-state index in [9.17, 15) is 4.79 Å². The van der Waals surface area contributed by atoms with E-state index in [2.05, 4.69) is 41.1 Å². The number of carbonyl (C=O) groups is 1. The van der Waals surface area contributed by atoms with Gasteiger partial charge in [-0.1, -0.05) is 26.0 Å². The monoisotopic (exact) mass is 378 g/mol. The van der Waals surface area contributed by atoms with Crippen molar-refractivity contribution in [1.29, 1.82) is 0 Å². The highest BCUT2D eigenvalue weighted by atomic mass is 16.2. The third kappa shape index (κ3) is 3.88. The Labute approximate surface area is 164 Å². The number of carbonyl (C=O) groups excluding carboxylic acids is 1. The lowest BCUT2D eigenvalue weighted by Crippen LogP contribution is -2.41. The second-order valence-electron chi connectivity index (χ2n) is 8.60. The molecule has 0 aliphatic carbocycles. The molecule has 1 unspecified atom stereocenters. The summed E-state index contributed by atoms with van der Waals surface area (Å²) in [5.41, 5.74) is 3.21. The van der Waals surface area contributed by atoms with Gasteiger partial charge in [-0.05, 0) is 37.0 Å². The van der Waals surface area contributed by atoms with Crippen LogP contribution in [-0.4, -0.2) is 48.9 Å². The van der Waals surface area contributed by atoms with Crippen LogP contribution in [0.2, 0.25) is 0 Å². The molecule has 2 aromatic heterocycles. The molecule has 3 heterocycles. The Morgan fingerprint density at radius 3 is 2.71 bits per heavy atom. The Morgan fingerprint density at radius 1 is 1.18 bits per heavy atom. The zero-order chi connectivity index (χ0) is 19.7. The molecule has 1 fully saturated rings. The molecule has 1 atom stereocenters. The third-order valence-electron chi connectivity index (χ3n) is 5.27. The number of amides is 1. The van der Waals surface area contributed by atoms with E-state index >= 15 is 0 Å². The molecule has 7 heteroatoms. The van der Waals surface area contributed by atoms with E-state index in [0.717, 1.165) is 49.2 Å². The van der Waals surface area contributed by atoms with E-state index in [4.69, 9.17) is 0 Å². The molecule has 0 N–H and O–H groups in total. The maximum Gasteiger partial charge on any atom is 0.253 e. The predicted molar refractivity (Wildman–Crippen MR) is 107 cm³/mol. The van der Waals surface area contributed by atoms with Crippen molar-refractivity contribution < 1.29 is 4.79 Å². The number of aromatic nitrogens is 5. The quantitative estimate of drug-likeness (QED) is 0.700. The number of nitrogens with zero attached hydrogens (tertiary/aromatic N) is 6. The molecule has 7 nitrogen and oxygen atoms in total. The molecule has 1 aliphatic heterocycles. The SMILES string of the molecule is CC(C)(C)c1cn(CC2CCCN(C(=O)c3ccc4nccnc4c3)C2)nn1. The van der Waals surface area contributed by atoms with E-state index in [1.165, 1.54) is 0 Å². The van der Waals surface area contributed by atoms with Crippen LogP contribution in [-0.2, 0) is 12.0 Å².